The van der Waals surface area contributed by atoms with Crippen molar-refractivity contribution in [1.82, 2.24) is 9.78 Å². The van der Waals surface area contributed by atoms with Crippen LogP contribution in [0.3, 0.4) is 0 Å². The molecule has 2 rings (SSSR count). The van der Waals surface area contributed by atoms with Gasteiger partial charge in [-0.2, -0.15) is 5.10 Å². The Hall–Kier alpha value is -1.65. The van der Waals surface area contributed by atoms with Crippen molar-refractivity contribution in [3.05, 3.63) is 17.5 Å². The van der Waals surface area contributed by atoms with Gasteiger partial charge in [0.05, 0.1) is 5.69 Å². The molecule has 1 saturated carbocycles. The van der Waals surface area contributed by atoms with E-state index in [9.17, 15) is 14.7 Å². The van der Waals surface area contributed by atoms with Crippen molar-refractivity contribution in [3.8, 4) is 0 Å². The maximum absolute atomic E-state index is 11.5. The normalized spacial score (nSPS) is 19.3. The molecule has 17 heavy (non-hydrogen) atoms. The van der Waals surface area contributed by atoms with Gasteiger partial charge in [0.25, 0.3) is 0 Å². The lowest BCUT2D eigenvalue weighted by molar-refractivity contribution is -0.146. The third-order valence-corrected chi connectivity index (χ3v) is 3.67. The lowest BCUT2D eigenvalue weighted by Gasteiger charge is -2.30. The fourth-order valence-corrected chi connectivity index (χ4v) is 2.33. The number of carbonyl (C=O) groups excluding carboxylic acids is 1. The van der Waals surface area contributed by atoms with Crippen molar-refractivity contribution in [2.75, 3.05) is 0 Å². The van der Waals surface area contributed by atoms with E-state index in [0.29, 0.717) is 31.4 Å². The van der Waals surface area contributed by atoms with Gasteiger partial charge in [-0.1, -0.05) is 0 Å². The summed E-state index contributed by atoms with van der Waals surface area (Å²) in [7, 11) is 1.79. The third-order valence-electron chi connectivity index (χ3n) is 3.67. The summed E-state index contributed by atoms with van der Waals surface area (Å²) in [5.74, 6) is -0.724. The largest absolute Gasteiger partial charge is 0.481 e. The first-order chi connectivity index (χ1) is 7.95. The predicted molar refractivity (Wildman–Crippen MR) is 60.7 cm³/mol. The number of ketones is 1. The van der Waals surface area contributed by atoms with Gasteiger partial charge in [0.1, 0.15) is 11.2 Å². The van der Waals surface area contributed by atoms with E-state index in [1.165, 1.54) is 0 Å². The molecule has 0 saturated heterocycles. The van der Waals surface area contributed by atoms with E-state index >= 15 is 0 Å². The second-order valence-electron chi connectivity index (χ2n) is 4.72. The average molecular weight is 236 g/mol. The predicted octanol–water partition coefficient (Wildman–Crippen LogP) is 1.19. The molecule has 0 spiro atoms. The molecule has 1 aromatic heterocycles. The standard InChI is InChI=1S/C12H16N2O3/c1-8-7-10(13-14(8)2)12(11(16)17)5-3-9(15)4-6-12/h7H,3-6H2,1-2H3,(H,16,17). The molecule has 1 heterocycles. The van der Waals surface area contributed by atoms with Crippen molar-refractivity contribution in [3.63, 3.8) is 0 Å². The monoisotopic (exact) mass is 236 g/mol. The van der Waals surface area contributed by atoms with Gasteiger partial charge in [-0.15, -0.1) is 0 Å². The second kappa shape index (κ2) is 3.98. The lowest BCUT2D eigenvalue weighted by atomic mass is 9.71. The second-order valence-corrected chi connectivity index (χ2v) is 4.72. The zero-order chi connectivity index (χ0) is 12.6. The van der Waals surface area contributed by atoms with Crippen LogP contribution >= 0.6 is 0 Å². The molecule has 92 valence electrons. The van der Waals surface area contributed by atoms with E-state index < -0.39 is 11.4 Å². The molecular weight excluding hydrogens is 220 g/mol. The van der Waals surface area contributed by atoms with Crippen LogP contribution in [0.5, 0.6) is 0 Å². The molecule has 1 fully saturated rings. The maximum Gasteiger partial charge on any atom is 0.315 e. The maximum atomic E-state index is 11.5. The zero-order valence-electron chi connectivity index (χ0n) is 10.1. The molecule has 0 aliphatic heterocycles. The summed E-state index contributed by atoms with van der Waals surface area (Å²) in [6.07, 6.45) is 1.39. The van der Waals surface area contributed by atoms with Crippen LogP contribution in [0.2, 0.25) is 0 Å². The molecule has 0 atom stereocenters. The lowest BCUT2D eigenvalue weighted by Crippen LogP contribution is -2.40. The van der Waals surface area contributed by atoms with Gasteiger partial charge >= 0.3 is 5.97 Å². The van der Waals surface area contributed by atoms with E-state index in [1.54, 1.807) is 11.7 Å². The average Bonchev–Trinajstić information content (AvgIpc) is 2.60. The molecular formula is C12H16N2O3. The van der Waals surface area contributed by atoms with Gasteiger partial charge in [0.2, 0.25) is 0 Å². The number of carboxylic acid groups (broad SMARTS) is 1. The van der Waals surface area contributed by atoms with Gasteiger partial charge in [-0.05, 0) is 25.8 Å². The summed E-state index contributed by atoms with van der Waals surface area (Å²) in [6.45, 7) is 1.89. The molecule has 5 heteroatoms. The van der Waals surface area contributed by atoms with Crippen molar-refractivity contribution in [1.29, 1.82) is 0 Å². The minimum absolute atomic E-state index is 0.148. The number of aryl methyl sites for hydroxylation is 2. The van der Waals surface area contributed by atoms with Gasteiger partial charge in [0.15, 0.2) is 0 Å². The van der Waals surface area contributed by atoms with Crippen LogP contribution in [-0.4, -0.2) is 26.6 Å². The van der Waals surface area contributed by atoms with Crippen LogP contribution in [0.1, 0.15) is 37.1 Å². The molecule has 0 amide bonds. The van der Waals surface area contributed by atoms with Crippen LogP contribution < -0.4 is 0 Å². The highest BCUT2D eigenvalue weighted by atomic mass is 16.4. The molecule has 1 aromatic rings. The highest BCUT2D eigenvalue weighted by Gasteiger charge is 2.45. The summed E-state index contributed by atoms with van der Waals surface area (Å²) in [6, 6.07) is 1.81. The minimum atomic E-state index is -0.972. The van der Waals surface area contributed by atoms with Crippen LogP contribution in [-0.2, 0) is 22.1 Å². The van der Waals surface area contributed by atoms with E-state index in [2.05, 4.69) is 5.10 Å². The quantitative estimate of drug-likeness (QED) is 0.837. The number of rotatable bonds is 2. The topological polar surface area (TPSA) is 72.2 Å². The first kappa shape index (κ1) is 11.8. The molecule has 1 aliphatic rings. The van der Waals surface area contributed by atoms with Crippen LogP contribution in [0, 0.1) is 6.92 Å². The summed E-state index contributed by atoms with van der Waals surface area (Å²) in [4.78, 5) is 22.8. The van der Waals surface area contributed by atoms with E-state index in [-0.39, 0.29) is 5.78 Å². The van der Waals surface area contributed by atoms with Crippen molar-refractivity contribution < 1.29 is 14.7 Å². The Morgan fingerprint density at radius 1 is 1.47 bits per heavy atom. The smallest absolute Gasteiger partial charge is 0.315 e. The fraction of sp³-hybridized carbons (Fsp3) is 0.583. The summed E-state index contributed by atoms with van der Waals surface area (Å²) in [5.41, 5.74) is 0.537. The first-order valence-electron chi connectivity index (χ1n) is 5.72. The number of aromatic nitrogens is 2. The van der Waals surface area contributed by atoms with E-state index in [1.807, 2.05) is 13.0 Å². The Balaban J connectivity index is 2.41. The number of carboxylic acids is 1. The summed E-state index contributed by atoms with van der Waals surface area (Å²) < 4.78 is 1.68. The van der Waals surface area contributed by atoms with E-state index in [0.717, 1.165) is 5.69 Å². The summed E-state index contributed by atoms with van der Waals surface area (Å²) in [5, 5.41) is 13.7. The number of Topliss-reactive ketones (excluding diaryl/α,β-unsaturated/α-hetero) is 1. The van der Waals surface area contributed by atoms with Crippen molar-refractivity contribution >= 4 is 11.8 Å². The van der Waals surface area contributed by atoms with Crippen molar-refractivity contribution in [2.45, 2.75) is 38.0 Å². The van der Waals surface area contributed by atoms with Crippen LogP contribution in [0.15, 0.2) is 6.07 Å². The Morgan fingerprint density at radius 3 is 2.47 bits per heavy atom. The number of hydrogen-bond donors (Lipinski definition) is 1. The SMILES string of the molecule is Cc1cc(C2(C(=O)O)CCC(=O)CC2)nn1C. The number of hydrogen-bond acceptors (Lipinski definition) is 3. The fourth-order valence-electron chi connectivity index (χ4n) is 2.33. The summed E-state index contributed by atoms with van der Waals surface area (Å²) >= 11 is 0. The minimum Gasteiger partial charge on any atom is -0.481 e. The van der Waals surface area contributed by atoms with Gasteiger partial charge in [-0.3, -0.25) is 14.3 Å². The molecule has 5 nitrogen and oxygen atoms in total. The Morgan fingerprint density at radius 2 is 2.06 bits per heavy atom. The third kappa shape index (κ3) is 1.85. The molecule has 0 radical (unpaired) electrons. The molecule has 0 bridgehead atoms. The van der Waals surface area contributed by atoms with Gasteiger partial charge < -0.3 is 5.11 Å². The van der Waals surface area contributed by atoms with Crippen molar-refractivity contribution in [2.24, 2.45) is 7.05 Å². The Kier molecular flexibility index (Phi) is 2.77. The number of aliphatic carboxylic acids is 1. The molecule has 0 aromatic carbocycles. The number of nitrogens with zero attached hydrogens (tertiary/aromatic N) is 2. The van der Waals surface area contributed by atoms with Crippen LogP contribution in [0.4, 0.5) is 0 Å². The zero-order valence-corrected chi connectivity index (χ0v) is 10.1. The molecule has 1 N–H and O–H groups in total. The van der Waals surface area contributed by atoms with Gasteiger partial charge in [0, 0.05) is 25.6 Å². The molecule has 0 unspecified atom stereocenters. The number of carbonyl (C=O) groups is 2. The Bertz CT molecular complexity index is 447. The highest BCUT2D eigenvalue weighted by molar-refractivity contribution is 5.87. The molecule has 1 aliphatic carbocycles. The Labute approximate surface area is 99.4 Å². The van der Waals surface area contributed by atoms with Crippen LogP contribution in [0.25, 0.3) is 0 Å². The van der Waals surface area contributed by atoms with E-state index in [4.69, 9.17) is 0 Å². The van der Waals surface area contributed by atoms with Gasteiger partial charge in [-0.25, -0.2) is 0 Å². The highest BCUT2D eigenvalue weighted by Crippen LogP contribution is 2.38. The first-order valence-corrected chi connectivity index (χ1v) is 5.72.